The summed E-state index contributed by atoms with van der Waals surface area (Å²) in [5, 5.41) is 5.69. The van der Waals surface area contributed by atoms with Crippen LogP contribution < -0.4 is 10.6 Å². The second-order valence-electron chi connectivity index (χ2n) is 6.27. The maximum absolute atomic E-state index is 13.0. The SMILES string of the molecule is CC(=O)Nc1cccc(NC(=O)C(Cc2ccncc2)c2ccccc2)c1. The Labute approximate surface area is 158 Å². The largest absolute Gasteiger partial charge is 0.326 e. The molecule has 0 fully saturated rings. The molecule has 2 N–H and O–H groups in total. The maximum atomic E-state index is 13.0. The minimum absolute atomic E-state index is 0.0991. The zero-order valence-electron chi connectivity index (χ0n) is 15.1. The molecular weight excluding hydrogens is 338 g/mol. The molecular formula is C22H21N3O2. The van der Waals surface area contributed by atoms with E-state index in [-0.39, 0.29) is 17.7 Å². The number of hydrogen-bond donors (Lipinski definition) is 2. The van der Waals surface area contributed by atoms with E-state index in [4.69, 9.17) is 0 Å². The summed E-state index contributed by atoms with van der Waals surface area (Å²) in [6.45, 7) is 1.45. The number of benzene rings is 2. The van der Waals surface area contributed by atoms with E-state index < -0.39 is 0 Å². The molecule has 0 bridgehead atoms. The summed E-state index contributed by atoms with van der Waals surface area (Å²) in [4.78, 5) is 28.3. The van der Waals surface area contributed by atoms with E-state index in [1.165, 1.54) is 6.92 Å². The van der Waals surface area contributed by atoms with E-state index >= 15 is 0 Å². The first kappa shape index (κ1) is 18.3. The summed E-state index contributed by atoms with van der Waals surface area (Å²) in [6, 6.07) is 20.7. The van der Waals surface area contributed by atoms with Gasteiger partial charge in [0.1, 0.15) is 0 Å². The van der Waals surface area contributed by atoms with E-state index in [1.54, 1.807) is 36.7 Å². The third-order valence-electron chi connectivity index (χ3n) is 4.16. The molecule has 0 aliphatic rings. The van der Waals surface area contributed by atoms with Crippen LogP contribution in [0.1, 0.15) is 24.0 Å². The average Bonchev–Trinajstić information content (AvgIpc) is 2.67. The van der Waals surface area contributed by atoms with E-state index in [0.717, 1.165) is 11.1 Å². The second-order valence-corrected chi connectivity index (χ2v) is 6.27. The Bertz CT molecular complexity index is 911. The first-order valence-electron chi connectivity index (χ1n) is 8.74. The minimum atomic E-state index is -0.335. The normalized spacial score (nSPS) is 11.4. The lowest BCUT2D eigenvalue weighted by Crippen LogP contribution is -2.23. The van der Waals surface area contributed by atoms with Gasteiger partial charge in [-0.1, -0.05) is 36.4 Å². The smallest absolute Gasteiger partial charge is 0.232 e. The number of aromatic nitrogens is 1. The molecule has 27 heavy (non-hydrogen) atoms. The maximum Gasteiger partial charge on any atom is 0.232 e. The van der Waals surface area contributed by atoms with Crippen LogP contribution >= 0.6 is 0 Å². The summed E-state index contributed by atoms with van der Waals surface area (Å²) < 4.78 is 0. The quantitative estimate of drug-likeness (QED) is 0.699. The van der Waals surface area contributed by atoms with Crippen molar-refractivity contribution in [3.8, 4) is 0 Å². The lowest BCUT2D eigenvalue weighted by atomic mass is 9.91. The molecule has 0 aliphatic heterocycles. The van der Waals surface area contributed by atoms with Crippen molar-refractivity contribution in [3.05, 3.63) is 90.3 Å². The van der Waals surface area contributed by atoms with Crippen molar-refractivity contribution in [2.75, 3.05) is 10.6 Å². The first-order valence-corrected chi connectivity index (χ1v) is 8.74. The Hall–Kier alpha value is -3.47. The third kappa shape index (κ3) is 5.25. The van der Waals surface area contributed by atoms with Crippen molar-refractivity contribution < 1.29 is 9.59 Å². The zero-order valence-corrected chi connectivity index (χ0v) is 15.1. The molecule has 0 aliphatic carbocycles. The fourth-order valence-corrected chi connectivity index (χ4v) is 2.91. The number of carbonyl (C=O) groups is 2. The number of rotatable bonds is 6. The highest BCUT2D eigenvalue weighted by Gasteiger charge is 2.21. The van der Waals surface area contributed by atoms with Crippen molar-refractivity contribution in [2.45, 2.75) is 19.3 Å². The van der Waals surface area contributed by atoms with Crippen molar-refractivity contribution in [1.82, 2.24) is 4.98 Å². The number of carbonyl (C=O) groups excluding carboxylic acids is 2. The van der Waals surface area contributed by atoms with Gasteiger partial charge in [0, 0.05) is 30.7 Å². The van der Waals surface area contributed by atoms with Gasteiger partial charge in [0.25, 0.3) is 0 Å². The Morgan fingerprint density at radius 2 is 1.56 bits per heavy atom. The molecule has 5 heteroatoms. The van der Waals surface area contributed by atoms with Gasteiger partial charge < -0.3 is 10.6 Å². The zero-order chi connectivity index (χ0) is 19.1. The number of pyridine rings is 1. The standard InChI is InChI=1S/C22H21N3O2/c1-16(26)24-19-8-5-9-20(15-19)25-22(27)21(18-6-3-2-4-7-18)14-17-10-12-23-13-11-17/h2-13,15,21H,14H2,1H3,(H,24,26)(H,25,27). The van der Waals surface area contributed by atoms with Crippen LogP contribution in [0.5, 0.6) is 0 Å². The minimum Gasteiger partial charge on any atom is -0.326 e. The summed E-state index contributed by atoms with van der Waals surface area (Å²) >= 11 is 0. The number of nitrogens with one attached hydrogen (secondary N) is 2. The number of anilines is 2. The highest BCUT2D eigenvalue weighted by Crippen LogP contribution is 2.24. The molecule has 1 unspecified atom stereocenters. The Morgan fingerprint density at radius 1 is 0.889 bits per heavy atom. The number of hydrogen-bond acceptors (Lipinski definition) is 3. The highest BCUT2D eigenvalue weighted by atomic mass is 16.2. The van der Waals surface area contributed by atoms with Gasteiger partial charge in [-0.25, -0.2) is 0 Å². The molecule has 2 aromatic carbocycles. The Kier molecular flexibility index (Phi) is 5.94. The van der Waals surface area contributed by atoms with E-state index in [0.29, 0.717) is 17.8 Å². The molecule has 3 aromatic rings. The molecule has 2 amide bonds. The van der Waals surface area contributed by atoms with Crippen LogP contribution in [0.25, 0.3) is 0 Å². The van der Waals surface area contributed by atoms with E-state index in [1.807, 2.05) is 42.5 Å². The molecule has 0 saturated heterocycles. The molecule has 1 heterocycles. The monoisotopic (exact) mass is 359 g/mol. The van der Waals surface area contributed by atoms with Gasteiger partial charge in [0.15, 0.2) is 0 Å². The lowest BCUT2D eigenvalue weighted by Gasteiger charge is -2.18. The molecule has 0 saturated carbocycles. The van der Waals surface area contributed by atoms with Crippen LogP contribution in [0.3, 0.4) is 0 Å². The van der Waals surface area contributed by atoms with E-state index in [2.05, 4.69) is 15.6 Å². The number of nitrogens with zero attached hydrogens (tertiary/aromatic N) is 1. The fraction of sp³-hybridized carbons (Fsp3) is 0.136. The van der Waals surface area contributed by atoms with Gasteiger partial charge in [0.2, 0.25) is 11.8 Å². The molecule has 136 valence electrons. The van der Waals surface area contributed by atoms with Crippen LogP contribution in [0.4, 0.5) is 11.4 Å². The van der Waals surface area contributed by atoms with Gasteiger partial charge in [0.05, 0.1) is 5.92 Å². The summed E-state index contributed by atoms with van der Waals surface area (Å²) in [7, 11) is 0. The second kappa shape index (κ2) is 8.76. The topological polar surface area (TPSA) is 71.1 Å². The Morgan fingerprint density at radius 3 is 2.22 bits per heavy atom. The van der Waals surface area contributed by atoms with Gasteiger partial charge in [-0.3, -0.25) is 14.6 Å². The van der Waals surface area contributed by atoms with Crippen molar-refractivity contribution >= 4 is 23.2 Å². The Balaban J connectivity index is 1.82. The van der Waals surface area contributed by atoms with Crippen LogP contribution in [-0.4, -0.2) is 16.8 Å². The van der Waals surface area contributed by atoms with Crippen LogP contribution in [0, 0.1) is 0 Å². The predicted octanol–water partition coefficient (Wildman–Crippen LogP) is 4.01. The summed E-state index contributed by atoms with van der Waals surface area (Å²) in [5.41, 5.74) is 3.28. The molecule has 1 atom stereocenters. The van der Waals surface area contributed by atoms with Crippen molar-refractivity contribution in [2.24, 2.45) is 0 Å². The summed E-state index contributed by atoms with van der Waals surface area (Å²) in [5.74, 6) is -0.589. The average molecular weight is 359 g/mol. The fourth-order valence-electron chi connectivity index (χ4n) is 2.91. The van der Waals surface area contributed by atoms with Crippen LogP contribution in [0.15, 0.2) is 79.1 Å². The molecule has 0 spiro atoms. The third-order valence-corrected chi connectivity index (χ3v) is 4.16. The summed E-state index contributed by atoms with van der Waals surface area (Å²) in [6.07, 6.45) is 4.03. The van der Waals surface area contributed by atoms with Gasteiger partial charge in [-0.15, -0.1) is 0 Å². The first-order chi connectivity index (χ1) is 13.1. The van der Waals surface area contributed by atoms with E-state index in [9.17, 15) is 9.59 Å². The molecule has 1 aromatic heterocycles. The van der Waals surface area contributed by atoms with Gasteiger partial charge >= 0.3 is 0 Å². The molecule has 0 radical (unpaired) electrons. The highest BCUT2D eigenvalue weighted by molar-refractivity contribution is 5.97. The van der Waals surface area contributed by atoms with Crippen LogP contribution in [0.2, 0.25) is 0 Å². The molecule has 3 rings (SSSR count). The van der Waals surface area contributed by atoms with Gasteiger partial charge in [-0.2, -0.15) is 0 Å². The van der Waals surface area contributed by atoms with Crippen molar-refractivity contribution in [1.29, 1.82) is 0 Å². The molecule has 5 nitrogen and oxygen atoms in total. The lowest BCUT2D eigenvalue weighted by molar-refractivity contribution is -0.117. The number of amides is 2. The van der Waals surface area contributed by atoms with Gasteiger partial charge in [-0.05, 0) is 47.9 Å². The van der Waals surface area contributed by atoms with Crippen LogP contribution in [-0.2, 0) is 16.0 Å². The van der Waals surface area contributed by atoms with Crippen molar-refractivity contribution in [3.63, 3.8) is 0 Å². The predicted molar refractivity (Wildman–Crippen MR) is 106 cm³/mol.